The van der Waals surface area contributed by atoms with E-state index in [0.717, 1.165) is 5.82 Å². The van der Waals surface area contributed by atoms with Gasteiger partial charge in [-0.1, -0.05) is 0 Å². The molecule has 2 N–H and O–H groups in total. The van der Waals surface area contributed by atoms with E-state index < -0.39 is 12.2 Å². The molecule has 2 aliphatic rings. The molecule has 0 spiro atoms. The maximum atomic E-state index is 12.4. The van der Waals surface area contributed by atoms with Crippen molar-refractivity contribution < 1.29 is 23.8 Å². The van der Waals surface area contributed by atoms with Crippen LogP contribution in [0.5, 0.6) is 0 Å². The zero-order valence-corrected chi connectivity index (χ0v) is 16.9. The van der Waals surface area contributed by atoms with Crippen molar-refractivity contribution in [3.05, 3.63) is 42.5 Å². The number of aromatic nitrogens is 1. The van der Waals surface area contributed by atoms with Gasteiger partial charge in [-0.2, -0.15) is 0 Å². The summed E-state index contributed by atoms with van der Waals surface area (Å²) in [6, 6.07) is 7.03. The van der Waals surface area contributed by atoms with Crippen molar-refractivity contribution in [2.45, 2.75) is 6.10 Å². The summed E-state index contributed by atoms with van der Waals surface area (Å²) >= 11 is 4.55. The Bertz CT molecular complexity index is 912. The number of amides is 2. The minimum absolute atomic E-state index is 0.110. The number of ether oxygens (including phenoxy) is 1. The van der Waals surface area contributed by atoms with E-state index in [0.29, 0.717) is 44.2 Å². The highest BCUT2D eigenvalue weighted by Crippen LogP contribution is 2.23. The van der Waals surface area contributed by atoms with E-state index >= 15 is 0 Å². The summed E-state index contributed by atoms with van der Waals surface area (Å²) in [5, 5.41) is 11.3. The maximum absolute atomic E-state index is 12.4. The predicted molar refractivity (Wildman–Crippen MR) is 112 cm³/mol. The number of nitrogens with zero attached hydrogens (tertiary/aromatic N) is 4. The molecule has 2 aliphatic heterocycles. The number of piperazine rings is 1. The summed E-state index contributed by atoms with van der Waals surface area (Å²) < 4.78 is 10.4. The van der Waals surface area contributed by atoms with Crippen LogP contribution in [0.2, 0.25) is 0 Å². The van der Waals surface area contributed by atoms with Crippen molar-refractivity contribution in [2.24, 2.45) is 0 Å². The zero-order valence-electron chi connectivity index (χ0n) is 16.1. The van der Waals surface area contributed by atoms with Gasteiger partial charge in [0.15, 0.2) is 5.76 Å². The first-order valence-corrected chi connectivity index (χ1v) is 9.91. The summed E-state index contributed by atoms with van der Waals surface area (Å²) in [5.41, 5.74) is 0.629. The van der Waals surface area contributed by atoms with Gasteiger partial charge in [0.25, 0.3) is 11.1 Å². The summed E-state index contributed by atoms with van der Waals surface area (Å²) in [5.74, 6) is 1.01. The van der Waals surface area contributed by atoms with Crippen LogP contribution in [0, 0.1) is 0 Å². The van der Waals surface area contributed by atoms with E-state index in [2.05, 4.69) is 27.4 Å². The quantitative estimate of drug-likeness (QED) is 0.679. The molecule has 2 saturated heterocycles. The molecule has 0 aromatic carbocycles. The standard InChI is InChI=1S/C19H21N5O5S/c25-17(15-2-1-9-28-15)23-7-5-22(6-8-23)16-4-3-13(10-20-16)24-12-14(29-19(24)27)11-21-18(26)30/h1-4,9-10,14H,5-8,11-12H2,(H2,21,26,30). The summed E-state index contributed by atoms with van der Waals surface area (Å²) in [7, 11) is 0. The van der Waals surface area contributed by atoms with Gasteiger partial charge in [-0.25, -0.2) is 9.78 Å². The Morgan fingerprint density at radius 3 is 2.70 bits per heavy atom. The number of carbonyl (C=O) groups excluding carboxylic acids is 2. The molecule has 2 aromatic heterocycles. The Morgan fingerprint density at radius 1 is 1.27 bits per heavy atom. The minimum atomic E-state index is -0.467. The second kappa shape index (κ2) is 8.57. The zero-order chi connectivity index (χ0) is 21.1. The Kier molecular flexibility index (Phi) is 5.70. The number of anilines is 2. The number of aliphatic hydroxyl groups excluding tert-OH is 1. The summed E-state index contributed by atoms with van der Waals surface area (Å²) in [6.45, 7) is 3.03. The van der Waals surface area contributed by atoms with Crippen LogP contribution in [-0.2, 0) is 4.74 Å². The van der Waals surface area contributed by atoms with Crippen molar-refractivity contribution in [1.29, 1.82) is 0 Å². The molecule has 2 amide bonds. The minimum Gasteiger partial charge on any atom is -0.487 e. The lowest BCUT2D eigenvalue weighted by molar-refractivity contribution is 0.0714. The molecule has 0 bridgehead atoms. The van der Waals surface area contributed by atoms with Crippen molar-refractivity contribution in [2.75, 3.05) is 49.1 Å². The van der Waals surface area contributed by atoms with E-state index in [1.54, 1.807) is 23.2 Å². The highest BCUT2D eigenvalue weighted by molar-refractivity contribution is 7.79. The SMILES string of the molecule is O=C(c1ccco1)N1CCN(c2ccc(N3CC(CNC(O)=S)OC3=O)cn2)CC1. The second-order valence-electron chi connectivity index (χ2n) is 6.93. The smallest absolute Gasteiger partial charge is 0.414 e. The molecule has 0 saturated carbocycles. The first kappa shape index (κ1) is 20.0. The second-order valence-corrected chi connectivity index (χ2v) is 7.32. The van der Waals surface area contributed by atoms with Gasteiger partial charge >= 0.3 is 6.09 Å². The van der Waals surface area contributed by atoms with Crippen LogP contribution in [0.25, 0.3) is 0 Å². The van der Waals surface area contributed by atoms with Crippen LogP contribution in [-0.4, -0.2) is 77.5 Å². The van der Waals surface area contributed by atoms with Crippen molar-refractivity contribution >= 4 is 40.9 Å². The van der Waals surface area contributed by atoms with Crippen LogP contribution in [0.3, 0.4) is 0 Å². The Balaban J connectivity index is 1.33. The molecule has 1 atom stereocenters. The Morgan fingerprint density at radius 2 is 2.07 bits per heavy atom. The fourth-order valence-corrected chi connectivity index (χ4v) is 3.54. The monoisotopic (exact) mass is 431 g/mol. The molecule has 4 heterocycles. The van der Waals surface area contributed by atoms with Crippen molar-refractivity contribution in [3.63, 3.8) is 0 Å². The number of carbonyl (C=O) groups is 2. The number of nitrogens with one attached hydrogen (secondary N) is 1. The van der Waals surface area contributed by atoms with E-state index in [9.17, 15) is 9.59 Å². The number of aliphatic hydroxyl groups is 1. The van der Waals surface area contributed by atoms with E-state index in [1.807, 2.05) is 12.1 Å². The van der Waals surface area contributed by atoms with E-state index in [4.69, 9.17) is 14.3 Å². The third kappa shape index (κ3) is 4.30. The molecule has 2 aromatic rings. The van der Waals surface area contributed by atoms with Gasteiger partial charge in [-0.15, -0.1) is 0 Å². The first-order valence-electron chi connectivity index (χ1n) is 9.50. The van der Waals surface area contributed by atoms with Crippen LogP contribution < -0.4 is 15.1 Å². The lowest BCUT2D eigenvalue weighted by atomic mass is 10.2. The fourth-order valence-electron chi connectivity index (χ4n) is 3.46. The third-order valence-electron chi connectivity index (χ3n) is 5.02. The molecular formula is C19H21N5O5S. The number of furan rings is 1. The average molecular weight is 431 g/mol. The first-order chi connectivity index (χ1) is 14.5. The molecule has 158 valence electrons. The molecule has 10 nitrogen and oxygen atoms in total. The van der Waals surface area contributed by atoms with Gasteiger partial charge < -0.3 is 29.4 Å². The average Bonchev–Trinajstić information content (AvgIpc) is 3.42. The van der Waals surface area contributed by atoms with Gasteiger partial charge in [0.2, 0.25) is 0 Å². The van der Waals surface area contributed by atoms with Gasteiger partial charge in [0, 0.05) is 26.2 Å². The maximum Gasteiger partial charge on any atom is 0.414 e. The Labute approximate surface area is 178 Å². The van der Waals surface area contributed by atoms with Crippen molar-refractivity contribution in [3.8, 4) is 0 Å². The topological polar surface area (TPSA) is 111 Å². The fraction of sp³-hybridized carbons (Fsp3) is 0.368. The summed E-state index contributed by atoms with van der Waals surface area (Å²) in [4.78, 5) is 34.3. The van der Waals surface area contributed by atoms with E-state index in [-0.39, 0.29) is 17.6 Å². The highest BCUT2D eigenvalue weighted by atomic mass is 32.1. The van der Waals surface area contributed by atoms with Crippen LogP contribution in [0.15, 0.2) is 41.1 Å². The molecule has 2 fully saturated rings. The third-order valence-corrected chi connectivity index (χ3v) is 5.17. The number of pyridine rings is 1. The largest absolute Gasteiger partial charge is 0.487 e. The van der Waals surface area contributed by atoms with Gasteiger partial charge in [-0.3, -0.25) is 9.69 Å². The lowest BCUT2D eigenvalue weighted by Crippen LogP contribution is -2.49. The van der Waals surface area contributed by atoms with Crippen LogP contribution in [0.4, 0.5) is 16.3 Å². The number of cyclic esters (lactones) is 1. The van der Waals surface area contributed by atoms with Gasteiger partial charge in [0.1, 0.15) is 11.9 Å². The van der Waals surface area contributed by atoms with Gasteiger partial charge in [-0.05, 0) is 36.5 Å². The molecule has 30 heavy (non-hydrogen) atoms. The molecule has 0 radical (unpaired) electrons. The lowest BCUT2D eigenvalue weighted by Gasteiger charge is -2.35. The molecule has 1 unspecified atom stereocenters. The summed E-state index contributed by atoms with van der Waals surface area (Å²) in [6.07, 6.45) is 2.24. The highest BCUT2D eigenvalue weighted by Gasteiger charge is 2.32. The number of thiocarbonyl (C=S) groups is 1. The number of rotatable bonds is 5. The normalized spacial score (nSPS) is 19.0. The molecule has 0 aliphatic carbocycles. The van der Waals surface area contributed by atoms with E-state index in [1.165, 1.54) is 11.2 Å². The Hall–Kier alpha value is -3.34. The van der Waals surface area contributed by atoms with Gasteiger partial charge in [0.05, 0.1) is 31.2 Å². The predicted octanol–water partition coefficient (Wildman–Crippen LogP) is 1.39. The van der Waals surface area contributed by atoms with Crippen molar-refractivity contribution in [1.82, 2.24) is 15.2 Å². The number of hydrogen-bond donors (Lipinski definition) is 2. The molecule has 11 heteroatoms. The van der Waals surface area contributed by atoms with Crippen LogP contribution >= 0.6 is 12.2 Å². The molecular weight excluding hydrogens is 410 g/mol. The number of hydrogen-bond acceptors (Lipinski definition) is 7. The van der Waals surface area contributed by atoms with Crippen LogP contribution in [0.1, 0.15) is 10.6 Å². The molecule has 4 rings (SSSR count).